The molecule has 1 fully saturated rings. The molecule has 0 saturated heterocycles. The molecule has 2 heteroatoms. The van der Waals surface area contributed by atoms with Crippen molar-refractivity contribution >= 4 is 0 Å². The van der Waals surface area contributed by atoms with Gasteiger partial charge in [-0.1, -0.05) is 58.1 Å². The van der Waals surface area contributed by atoms with Gasteiger partial charge in [-0.05, 0) is 79.7 Å². The van der Waals surface area contributed by atoms with E-state index in [0.717, 1.165) is 36.4 Å². The van der Waals surface area contributed by atoms with Gasteiger partial charge < -0.3 is 0 Å². The van der Waals surface area contributed by atoms with Crippen molar-refractivity contribution in [3.63, 3.8) is 0 Å². The molecule has 1 aliphatic carbocycles. The average Bonchev–Trinajstić information content (AvgIpc) is 2.73. The first-order valence-electron chi connectivity index (χ1n) is 11.5. The van der Waals surface area contributed by atoms with Gasteiger partial charge in [-0.25, -0.2) is 4.39 Å². The van der Waals surface area contributed by atoms with E-state index in [1.54, 1.807) is 6.07 Å². The van der Waals surface area contributed by atoms with E-state index in [9.17, 15) is 4.39 Å². The van der Waals surface area contributed by atoms with Crippen molar-refractivity contribution in [2.75, 3.05) is 0 Å². The van der Waals surface area contributed by atoms with Crippen LogP contribution in [-0.2, 0) is 6.42 Å². The first kappa shape index (κ1) is 21.0. The summed E-state index contributed by atoms with van der Waals surface area (Å²) < 4.78 is 14.5. The van der Waals surface area contributed by atoms with Crippen molar-refractivity contribution in [1.82, 2.24) is 4.98 Å². The molecule has 28 heavy (non-hydrogen) atoms. The Morgan fingerprint density at radius 1 is 0.929 bits per heavy atom. The molecule has 152 valence electrons. The summed E-state index contributed by atoms with van der Waals surface area (Å²) in [6.45, 7) is 4.44. The number of unbranched alkanes of at least 4 members (excludes halogenated alkanes) is 3. The van der Waals surface area contributed by atoms with Crippen LogP contribution in [0.4, 0.5) is 4.39 Å². The molecule has 0 atom stereocenters. The SMILES string of the molecule is CCCCC[C@H]1CC[C@H](c2ccc(-c3ccc(CCCC)cc3F)nc2)CC1. The van der Waals surface area contributed by atoms with Crippen LogP contribution in [0.5, 0.6) is 0 Å². The van der Waals surface area contributed by atoms with E-state index in [0.29, 0.717) is 11.5 Å². The highest BCUT2D eigenvalue weighted by Gasteiger charge is 2.22. The van der Waals surface area contributed by atoms with Gasteiger partial charge in [0, 0.05) is 11.8 Å². The third-order valence-electron chi connectivity index (χ3n) is 6.45. The summed E-state index contributed by atoms with van der Waals surface area (Å²) in [5, 5.41) is 0. The van der Waals surface area contributed by atoms with Crippen molar-refractivity contribution in [2.45, 2.75) is 90.4 Å². The van der Waals surface area contributed by atoms with Gasteiger partial charge in [0.1, 0.15) is 5.82 Å². The third kappa shape index (κ3) is 5.65. The van der Waals surface area contributed by atoms with Gasteiger partial charge in [0.2, 0.25) is 0 Å². The molecule has 1 nitrogen and oxygen atoms in total. The molecule has 3 rings (SSSR count). The van der Waals surface area contributed by atoms with Crippen LogP contribution in [0.1, 0.15) is 95.1 Å². The molecule has 1 heterocycles. The lowest BCUT2D eigenvalue weighted by Gasteiger charge is -2.28. The fourth-order valence-corrected chi connectivity index (χ4v) is 4.58. The van der Waals surface area contributed by atoms with Crippen LogP contribution in [0, 0.1) is 11.7 Å². The summed E-state index contributed by atoms with van der Waals surface area (Å²) in [7, 11) is 0. The number of pyridine rings is 1. The summed E-state index contributed by atoms with van der Waals surface area (Å²) in [4.78, 5) is 4.62. The summed E-state index contributed by atoms with van der Waals surface area (Å²) in [6.07, 6.45) is 15.9. The maximum absolute atomic E-state index is 14.5. The Morgan fingerprint density at radius 2 is 1.71 bits per heavy atom. The molecule has 2 aromatic rings. The highest BCUT2D eigenvalue weighted by molar-refractivity contribution is 5.60. The van der Waals surface area contributed by atoms with Gasteiger partial charge in [0.25, 0.3) is 0 Å². The molecule has 0 radical (unpaired) electrons. The lowest BCUT2D eigenvalue weighted by molar-refractivity contribution is 0.302. The van der Waals surface area contributed by atoms with Crippen LogP contribution in [-0.4, -0.2) is 4.98 Å². The molecule has 0 spiro atoms. The van der Waals surface area contributed by atoms with E-state index in [-0.39, 0.29) is 5.82 Å². The minimum atomic E-state index is -0.151. The van der Waals surface area contributed by atoms with Crippen molar-refractivity contribution in [3.05, 3.63) is 53.5 Å². The molecule has 1 aliphatic rings. The standard InChI is InChI=1S/C26H36FN/c1-3-5-7-9-20-10-13-22(14-11-20)23-15-17-26(28-19-23)24-16-12-21(8-6-4-2)18-25(24)27/h12,15-20,22H,3-11,13-14H2,1-2H3/t20-,22-. The lowest BCUT2D eigenvalue weighted by atomic mass is 9.77. The van der Waals surface area contributed by atoms with E-state index in [1.165, 1.54) is 56.9 Å². The van der Waals surface area contributed by atoms with E-state index in [2.05, 4.69) is 24.9 Å². The number of nitrogens with zero attached hydrogens (tertiary/aromatic N) is 1. The van der Waals surface area contributed by atoms with E-state index in [4.69, 9.17) is 0 Å². The Hall–Kier alpha value is -1.70. The second-order valence-electron chi connectivity index (χ2n) is 8.61. The summed E-state index contributed by atoms with van der Waals surface area (Å²) in [6, 6.07) is 9.80. The third-order valence-corrected chi connectivity index (χ3v) is 6.45. The Labute approximate surface area is 170 Å². The number of aromatic nitrogens is 1. The quantitative estimate of drug-likeness (QED) is 0.400. The smallest absolute Gasteiger partial charge is 0.132 e. The second kappa shape index (κ2) is 10.7. The summed E-state index contributed by atoms with van der Waals surface area (Å²) >= 11 is 0. The number of benzene rings is 1. The van der Waals surface area contributed by atoms with Gasteiger partial charge >= 0.3 is 0 Å². The fraction of sp³-hybridized carbons (Fsp3) is 0.577. The molecular weight excluding hydrogens is 345 g/mol. The monoisotopic (exact) mass is 381 g/mol. The predicted octanol–water partition coefficient (Wildman–Crippen LogP) is 8.08. The fourth-order valence-electron chi connectivity index (χ4n) is 4.58. The number of rotatable bonds is 9. The van der Waals surface area contributed by atoms with Crippen molar-refractivity contribution in [2.24, 2.45) is 5.92 Å². The van der Waals surface area contributed by atoms with Gasteiger partial charge in [-0.3, -0.25) is 4.98 Å². The van der Waals surface area contributed by atoms with Crippen LogP contribution in [0.2, 0.25) is 0 Å². The maximum atomic E-state index is 14.5. The number of aryl methyl sites for hydroxylation is 1. The molecule has 0 N–H and O–H groups in total. The minimum absolute atomic E-state index is 0.151. The first-order chi connectivity index (χ1) is 13.7. The van der Waals surface area contributed by atoms with Crippen LogP contribution in [0.3, 0.4) is 0 Å². The van der Waals surface area contributed by atoms with Crippen LogP contribution >= 0.6 is 0 Å². The van der Waals surface area contributed by atoms with Crippen LogP contribution in [0.25, 0.3) is 11.3 Å². The molecule has 0 aliphatic heterocycles. The molecule has 0 amide bonds. The van der Waals surface area contributed by atoms with Gasteiger partial charge in [-0.15, -0.1) is 0 Å². The molecule has 1 saturated carbocycles. The number of halogens is 1. The molecule has 0 unspecified atom stereocenters. The zero-order valence-corrected chi connectivity index (χ0v) is 17.7. The average molecular weight is 382 g/mol. The topological polar surface area (TPSA) is 12.9 Å². The van der Waals surface area contributed by atoms with Gasteiger partial charge in [0.15, 0.2) is 0 Å². The second-order valence-corrected chi connectivity index (χ2v) is 8.61. The highest BCUT2D eigenvalue weighted by atomic mass is 19.1. The van der Waals surface area contributed by atoms with Crippen molar-refractivity contribution in [1.29, 1.82) is 0 Å². The van der Waals surface area contributed by atoms with Crippen LogP contribution in [0.15, 0.2) is 36.5 Å². The Kier molecular flexibility index (Phi) is 8.06. The number of hydrogen-bond acceptors (Lipinski definition) is 1. The first-order valence-corrected chi connectivity index (χ1v) is 11.5. The zero-order chi connectivity index (χ0) is 19.8. The van der Waals surface area contributed by atoms with Crippen molar-refractivity contribution < 1.29 is 4.39 Å². The highest BCUT2D eigenvalue weighted by Crippen LogP contribution is 2.38. The van der Waals surface area contributed by atoms with Gasteiger partial charge in [0.05, 0.1) is 5.69 Å². The Balaban J connectivity index is 1.58. The van der Waals surface area contributed by atoms with E-state index in [1.807, 2.05) is 24.4 Å². The zero-order valence-electron chi connectivity index (χ0n) is 17.7. The van der Waals surface area contributed by atoms with E-state index >= 15 is 0 Å². The largest absolute Gasteiger partial charge is 0.256 e. The summed E-state index contributed by atoms with van der Waals surface area (Å²) in [5.74, 6) is 1.40. The van der Waals surface area contributed by atoms with Crippen molar-refractivity contribution in [3.8, 4) is 11.3 Å². The number of hydrogen-bond donors (Lipinski definition) is 0. The van der Waals surface area contributed by atoms with Crippen LogP contribution < -0.4 is 0 Å². The minimum Gasteiger partial charge on any atom is -0.256 e. The normalized spacial score (nSPS) is 19.7. The predicted molar refractivity (Wildman–Crippen MR) is 117 cm³/mol. The summed E-state index contributed by atoms with van der Waals surface area (Å²) in [5.41, 5.74) is 3.77. The molecule has 0 bridgehead atoms. The Bertz CT molecular complexity index is 714. The van der Waals surface area contributed by atoms with Gasteiger partial charge in [-0.2, -0.15) is 0 Å². The lowest BCUT2D eigenvalue weighted by Crippen LogP contribution is -2.13. The maximum Gasteiger partial charge on any atom is 0.132 e. The Morgan fingerprint density at radius 3 is 2.36 bits per heavy atom. The van der Waals surface area contributed by atoms with E-state index < -0.39 is 0 Å². The molecular formula is C26H36FN. The molecule has 1 aromatic carbocycles. The molecule has 1 aromatic heterocycles.